The minimum atomic E-state index is -0.573. The van der Waals surface area contributed by atoms with Crippen molar-refractivity contribution < 1.29 is 5.11 Å². The Morgan fingerprint density at radius 2 is 2.00 bits per heavy atom. The topological polar surface area (TPSA) is 51.1 Å². The summed E-state index contributed by atoms with van der Waals surface area (Å²) in [7, 11) is 0. The summed E-state index contributed by atoms with van der Waals surface area (Å²) in [4.78, 5) is 9.41. The van der Waals surface area contributed by atoms with Gasteiger partial charge in [-0.15, -0.1) is 35.3 Å². The fourth-order valence-electron chi connectivity index (χ4n) is 3.17. The molecule has 7 heteroatoms. The summed E-state index contributed by atoms with van der Waals surface area (Å²) >= 11 is 1.79. The van der Waals surface area contributed by atoms with Gasteiger partial charge in [0.1, 0.15) is 0 Å². The van der Waals surface area contributed by atoms with Gasteiger partial charge in [0.05, 0.1) is 17.6 Å². The van der Waals surface area contributed by atoms with Gasteiger partial charge in [0.2, 0.25) is 0 Å². The van der Waals surface area contributed by atoms with E-state index in [0.29, 0.717) is 6.54 Å². The van der Waals surface area contributed by atoms with Crippen molar-refractivity contribution in [1.82, 2.24) is 10.2 Å². The Bertz CT molecular complexity index is 715. The largest absolute Gasteiger partial charge is 0.386 e. The molecule has 1 aromatic heterocycles. The van der Waals surface area contributed by atoms with E-state index in [-0.39, 0.29) is 24.0 Å². The molecule has 5 nitrogen and oxygen atoms in total. The van der Waals surface area contributed by atoms with E-state index in [1.807, 2.05) is 31.2 Å². The van der Waals surface area contributed by atoms with Crippen LogP contribution in [-0.4, -0.2) is 55.2 Å². The first kappa shape index (κ1) is 22.0. The molecule has 1 saturated heterocycles. The van der Waals surface area contributed by atoms with Crippen molar-refractivity contribution in [3.63, 3.8) is 0 Å². The van der Waals surface area contributed by atoms with Crippen molar-refractivity contribution in [2.45, 2.75) is 20.0 Å². The highest BCUT2D eigenvalue weighted by Crippen LogP contribution is 2.22. The molecule has 1 fully saturated rings. The summed E-state index contributed by atoms with van der Waals surface area (Å²) in [6, 6.07) is 12.3. The Balaban J connectivity index is 0.00000261. The van der Waals surface area contributed by atoms with Crippen LogP contribution in [-0.2, 0) is 0 Å². The van der Waals surface area contributed by atoms with E-state index in [9.17, 15) is 5.11 Å². The van der Waals surface area contributed by atoms with E-state index < -0.39 is 6.10 Å². The number of aliphatic hydroxyl groups is 1. The average molecular weight is 500 g/mol. The second kappa shape index (κ2) is 10.9. The Morgan fingerprint density at radius 1 is 1.22 bits per heavy atom. The number of thiophene rings is 1. The average Bonchev–Trinajstić information content (AvgIpc) is 3.20. The standard InChI is InChI=1S/C20H28N4OS.HI/c1-3-21-20(22-15-18(25)17-7-4-6-16(2)14-17)24-11-9-23(10-12-24)19-8-5-13-26-19;/h4-8,13-14,18,25H,3,9-12,15H2,1-2H3,(H,21,22);1H. The second-order valence-corrected chi connectivity index (χ2v) is 7.48. The Morgan fingerprint density at radius 3 is 2.63 bits per heavy atom. The van der Waals surface area contributed by atoms with Gasteiger partial charge in [0, 0.05) is 32.7 Å². The van der Waals surface area contributed by atoms with Crippen LogP contribution >= 0.6 is 35.3 Å². The fourth-order valence-corrected chi connectivity index (χ4v) is 3.96. The highest BCUT2D eigenvalue weighted by atomic mass is 127. The highest BCUT2D eigenvalue weighted by Gasteiger charge is 2.20. The molecule has 0 amide bonds. The predicted molar refractivity (Wildman–Crippen MR) is 126 cm³/mol. The third-order valence-corrected chi connectivity index (χ3v) is 5.50. The molecule has 0 spiro atoms. The maximum Gasteiger partial charge on any atom is 0.194 e. The first-order valence-electron chi connectivity index (χ1n) is 9.23. The number of rotatable bonds is 5. The van der Waals surface area contributed by atoms with Crippen LogP contribution < -0.4 is 10.2 Å². The molecule has 2 N–H and O–H groups in total. The molecule has 0 saturated carbocycles. The minimum absolute atomic E-state index is 0. The van der Waals surface area contributed by atoms with Crippen LogP contribution in [0.4, 0.5) is 5.00 Å². The number of guanidine groups is 1. The first-order valence-corrected chi connectivity index (χ1v) is 10.1. The zero-order valence-electron chi connectivity index (χ0n) is 16.0. The van der Waals surface area contributed by atoms with Crippen LogP contribution in [0.15, 0.2) is 46.8 Å². The molecule has 0 aliphatic carbocycles. The van der Waals surface area contributed by atoms with E-state index in [4.69, 9.17) is 4.99 Å². The SMILES string of the molecule is CCNC(=NCC(O)c1cccc(C)c1)N1CCN(c2cccs2)CC1.I. The van der Waals surface area contributed by atoms with Crippen LogP contribution in [0.5, 0.6) is 0 Å². The number of piperazine rings is 1. The normalized spacial score (nSPS) is 16.0. The Labute approximate surface area is 183 Å². The lowest BCUT2D eigenvalue weighted by molar-refractivity contribution is 0.186. The third-order valence-electron chi connectivity index (χ3n) is 4.57. The minimum Gasteiger partial charge on any atom is -0.386 e. The lowest BCUT2D eigenvalue weighted by Crippen LogP contribution is -2.52. The van der Waals surface area contributed by atoms with Crippen LogP contribution in [0, 0.1) is 6.92 Å². The third kappa shape index (κ3) is 6.08. The van der Waals surface area contributed by atoms with Crippen molar-refractivity contribution in [2.24, 2.45) is 4.99 Å². The number of nitrogens with one attached hydrogen (secondary N) is 1. The Kier molecular flexibility index (Phi) is 8.85. The molecule has 148 valence electrons. The molecular formula is C20H29IN4OS. The molecule has 1 aromatic carbocycles. The van der Waals surface area contributed by atoms with Crippen LogP contribution in [0.2, 0.25) is 0 Å². The lowest BCUT2D eigenvalue weighted by Gasteiger charge is -2.37. The molecule has 27 heavy (non-hydrogen) atoms. The van der Waals surface area contributed by atoms with Gasteiger partial charge in [-0.1, -0.05) is 29.8 Å². The molecular weight excluding hydrogens is 471 g/mol. The van der Waals surface area contributed by atoms with Crippen molar-refractivity contribution >= 4 is 46.3 Å². The quantitative estimate of drug-likeness (QED) is 0.375. The van der Waals surface area contributed by atoms with Gasteiger partial charge in [-0.25, -0.2) is 0 Å². The summed E-state index contributed by atoms with van der Waals surface area (Å²) < 4.78 is 0. The summed E-state index contributed by atoms with van der Waals surface area (Å²) in [5.74, 6) is 0.894. The lowest BCUT2D eigenvalue weighted by atomic mass is 10.1. The van der Waals surface area contributed by atoms with Crippen molar-refractivity contribution in [3.05, 3.63) is 52.9 Å². The number of hydrogen-bond acceptors (Lipinski definition) is 4. The molecule has 0 radical (unpaired) electrons. The first-order chi connectivity index (χ1) is 12.7. The number of hydrogen-bond donors (Lipinski definition) is 2. The number of aliphatic imine (C=N–C) groups is 1. The number of halogens is 1. The van der Waals surface area contributed by atoms with E-state index in [1.165, 1.54) is 5.00 Å². The molecule has 1 aliphatic heterocycles. The maximum atomic E-state index is 10.5. The number of nitrogens with zero attached hydrogens (tertiary/aromatic N) is 3. The van der Waals surface area contributed by atoms with E-state index in [1.54, 1.807) is 11.3 Å². The highest BCUT2D eigenvalue weighted by molar-refractivity contribution is 14.0. The second-order valence-electron chi connectivity index (χ2n) is 6.55. The molecule has 2 aromatic rings. The van der Waals surface area contributed by atoms with Gasteiger partial charge in [-0.05, 0) is 36.9 Å². The van der Waals surface area contributed by atoms with Crippen LogP contribution in [0.25, 0.3) is 0 Å². The summed E-state index contributed by atoms with van der Waals surface area (Å²) in [5, 5.41) is 17.3. The molecule has 3 rings (SSSR count). The molecule has 1 aliphatic rings. The van der Waals surface area contributed by atoms with E-state index >= 15 is 0 Å². The smallest absolute Gasteiger partial charge is 0.194 e. The monoisotopic (exact) mass is 500 g/mol. The number of benzene rings is 1. The zero-order valence-corrected chi connectivity index (χ0v) is 19.1. The van der Waals surface area contributed by atoms with Gasteiger partial charge in [-0.3, -0.25) is 4.99 Å². The van der Waals surface area contributed by atoms with Gasteiger partial charge in [0.15, 0.2) is 5.96 Å². The van der Waals surface area contributed by atoms with E-state index in [2.05, 4.69) is 39.6 Å². The zero-order chi connectivity index (χ0) is 18.4. The number of anilines is 1. The van der Waals surface area contributed by atoms with Crippen molar-refractivity contribution in [3.8, 4) is 0 Å². The fraction of sp³-hybridized carbons (Fsp3) is 0.450. The molecule has 0 bridgehead atoms. The summed E-state index contributed by atoms with van der Waals surface area (Å²) in [5.41, 5.74) is 2.08. The number of aliphatic hydroxyl groups excluding tert-OH is 1. The summed E-state index contributed by atoms with van der Waals surface area (Å²) in [6.07, 6.45) is -0.573. The van der Waals surface area contributed by atoms with Crippen LogP contribution in [0.1, 0.15) is 24.2 Å². The van der Waals surface area contributed by atoms with Gasteiger partial charge >= 0.3 is 0 Å². The predicted octanol–water partition coefficient (Wildman–Crippen LogP) is 3.50. The summed E-state index contributed by atoms with van der Waals surface area (Å²) in [6.45, 7) is 9.16. The number of aryl methyl sites for hydroxylation is 1. The van der Waals surface area contributed by atoms with Gasteiger partial charge in [0.25, 0.3) is 0 Å². The Hall–Kier alpha value is -1.32. The van der Waals surface area contributed by atoms with Crippen LogP contribution in [0.3, 0.4) is 0 Å². The van der Waals surface area contributed by atoms with Crippen molar-refractivity contribution in [2.75, 3.05) is 44.2 Å². The van der Waals surface area contributed by atoms with Crippen molar-refractivity contribution in [1.29, 1.82) is 0 Å². The van der Waals surface area contributed by atoms with E-state index in [0.717, 1.165) is 49.8 Å². The molecule has 2 heterocycles. The maximum absolute atomic E-state index is 10.5. The molecule has 1 atom stereocenters. The van der Waals surface area contributed by atoms with Gasteiger partial charge < -0.3 is 20.2 Å². The van der Waals surface area contributed by atoms with Gasteiger partial charge in [-0.2, -0.15) is 0 Å². The molecule has 1 unspecified atom stereocenters.